The molecule has 0 aliphatic rings. The molecule has 3 nitrogen and oxygen atoms in total. The van der Waals surface area contributed by atoms with Crippen molar-refractivity contribution < 1.29 is 12.6 Å². The van der Waals surface area contributed by atoms with Crippen molar-refractivity contribution in [3.8, 4) is 0 Å². The molecule has 0 N–H and O–H groups in total. The second kappa shape index (κ2) is 25.8. The van der Waals surface area contributed by atoms with Crippen molar-refractivity contribution >= 4 is 39.7 Å². The maximum atomic E-state index is 12.0. The van der Waals surface area contributed by atoms with Gasteiger partial charge in [-0.15, -0.1) is 0 Å². The molecule has 0 saturated heterocycles. The SMILES string of the molecule is CCCCCCCCCCCCCCCCCCCCCCCCOS(=O)(=O)c1ccccc1.[Na]. The van der Waals surface area contributed by atoms with Gasteiger partial charge in [0, 0.05) is 29.6 Å². The van der Waals surface area contributed by atoms with E-state index in [0.29, 0.717) is 0 Å². The van der Waals surface area contributed by atoms with Crippen LogP contribution in [0.2, 0.25) is 0 Å². The van der Waals surface area contributed by atoms with Gasteiger partial charge in [0.05, 0.1) is 11.5 Å². The van der Waals surface area contributed by atoms with Crippen LogP contribution < -0.4 is 0 Å². The van der Waals surface area contributed by atoms with Crippen LogP contribution in [0.1, 0.15) is 148 Å². The average Bonchev–Trinajstić information content (AvgIpc) is 2.85. The molecule has 1 rings (SSSR count). The van der Waals surface area contributed by atoms with Crippen LogP contribution in [0.15, 0.2) is 35.2 Å². The van der Waals surface area contributed by atoms with Crippen LogP contribution in [0.25, 0.3) is 0 Å². The summed E-state index contributed by atoms with van der Waals surface area (Å²) in [5, 5.41) is 0. The van der Waals surface area contributed by atoms with Crippen LogP contribution in [0, 0.1) is 0 Å². The summed E-state index contributed by atoms with van der Waals surface area (Å²) >= 11 is 0. The first-order valence-corrected chi connectivity index (χ1v) is 16.0. The molecular weight excluding hydrogens is 463 g/mol. The van der Waals surface area contributed by atoms with Crippen molar-refractivity contribution in [2.24, 2.45) is 0 Å². The molecule has 0 spiro atoms. The molecule has 0 bridgehead atoms. The van der Waals surface area contributed by atoms with E-state index in [-0.39, 0.29) is 41.1 Å². The fraction of sp³-hybridized carbons (Fsp3) is 0.800. The number of rotatable bonds is 25. The maximum Gasteiger partial charge on any atom is 0.296 e. The first kappa shape index (κ1) is 35.1. The first-order valence-electron chi connectivity index (χ1n) is 14.6. The van der Waals surface area contributed by atoms with Gasteiger partial charge in [-0.1, -0.05) is 160 Å². The predicted molar refractivity (Wildman–Crippen MR) is 153 cm³/mol. The topological polar surface area (TPSA) is 43.4 Å². The molecule has 0 heterocycles. The van der Waals surface area contributed by atoms with E-state index in [4.69, 9.17) is 4.18 Å². The second-order valence-electron chi connectivity index (χ2n) is 10.0. The monoisotopic (exact) mass is 517 g/mol. The Kier molecular flexibility index (Phi) is 25.9. The third-order valence-corrected chi connectivity index (χ3v) is 8.09. The minimum absolute atomic E-state index is 0. The summed E-state index contributed by atoms with van der Waals surface area (Å²) in [5.74, 6) is 0. The van der Waals surface area contributed by atoms with Gasteiger partial charge in [-0.3, -0.25) is 4.18 Å². The Balaban J connectivity index is 0.0000116. The zero-order valence-electron chi connectivity index (χ0n) is 23.3. The van der Waals surface area contributed by atoms with Crippen molar-refractivity contribution in [2.45, 2.75) is 153 Å². The Hall–Kier alpha value is 0.130. The van der Waals surface area contributed by atoms with Gasteiger partial charge in [0.2, 0.25) is 0 Å². The first-order chi connectivity index (χ1) is 16.7. The summed E-state index contributed by atoms with van der Waals surface area (Å²) in [5.41, 5.74) is 0. The van der Waals surface area contributed by atoms with E-state index in [1.165, 1.54) is 128 Å². The van der Waals surface area contributed by atoms with E-state index in [0.717, 1.165) is 12.8 Å². The van der Waals surface area contributed by atoms with Gasteiger partial charge in [0.1, 0.15) is 0 Å². The van der Waals surface area contributed by atoms with Gasteiger partial charge < -0.3 is 0 Å². The fourth-order valence-electron chi connectivity index (χ4n) is 4.53. The molecular formula is C30H54NaO3S. The molecule has 0 atom stereocenters. The summed E-state index contributed by atoms with van der Waals surface area (Å²) in [7, 11) is -3.59. The Morgan fingerprint density at radius 1 is 0.514 bits per heavy atom. The minimum atomic E-state index is -3.59. The van der Waals surface area contributed by atoms with Crippen LogP contribution >= 0.6 is 0 Å². The van der Waals surface area contributed by atoms with Crippen LogP contribution in [-0.2, 0) is 14.3 Å². The standard InChI is InChI=1S/C30H54O3S.Na/c1-2-3-4-5-6-7-8-9-10-11-12-13-14-15-16-17-18-19-20-21-22-26-29-33-34(31,32)30-27-24-23-25-28-30;/h23-25,27-28H,2-22,26,29H2,1H3;. The largest absolute Gasteiger partial charge is 0.296 e. The van der Waals surface area contributed by atoms with E-state index >= 15 is 0 Å². The number of hydrogen-bond acceptors (Lipinski definition) is 3. The van der Waals surface area contributed by atoms with Crippen molar-refractivity contribution in [3.63, 3.8) is 0 Å². The van der Waals surface area contributed by atoms with Gasteiger partial charge in [0.15, 0.2) is 0 Å². The van der Waals surface area contributed by atoms with Gasteiger partial charge >= 0.3 is 0 Å². The van der Waals surface area contributed by atoms with Crippen molar-refractivity contribution in [1.82, 2.24) is 0 Å². The summed E-state index contributed by atoms with van der Waals surface area (Å²) in [6.07, 6.45) is 29.8. The van der Waals surface area contributed by atoms with Crippen LogP contribution in [0.5, 0.6) is 0 Å². The van der Waals surface area contributed by atoms with Gasteiger partial charge in [-0.25, -0.2) is 0 Å². The minimum Gasteiger partial charge on any atom is -0.266 e. The van der Waals surface area contributed by atoms with Crippen molar-refractivity contribution in [1.29, 1.82) is 0 Å². The van der Waals surface area contributed by atoms with Crippen LogP contribution in [-0.4, -0.2) is 44.6 Å². The van der Waals surface area contributed by atoms with E-state index in [2.05, 4.69) is 6.92 Å². The Morgan fingerprint density at radius 3 is 1.17 bits per heavy atom. The summed E-state index contributed by atoms with van der Waals surface area (Å²) in [6, 6.07) is 8.40. The van der Waals surface area contributed by atoms with Crippen molar-refractivity contribution in [3.05, 3.63) is 30.3 Å². The molecule has 0 unspecified atom stereocenters. The summed E-state index contributed by atoms with van der Waals surface area (Å²) in [6.45, 7) is 2.58. The summed E-state index contributed by atoms with van der Waals surface area (Å²) in [4.78, 5) is 0.244. The molecule has 0 amide bonds. The molecule has 0 aliphatic carbocycles. The number of benzene rings is 1. The Labute approximate surface area is 241 Å². The van der Waals surface area contributed by atoms with Gasteiger partial charge in [-0.05, 0) is 18.6 Å². The quantitative estimate of drug-likeness (QED) is 0.0736. The molecule has 199 valence electrons. The number of hydrogen-bond donors (Lipinski definition) is 0. The zero-order valence-corrected chi connectivity index (χ0v) is 26.1. The van der Waals surface area contributed by atoms with E-state index in [1.54, 1.807) is 30.3 Å². The Bertz CT molecular complexity index is 649. The third kappa shape index (κ3) is 21.9. The Morgan fingerprint density at radius 2 is 0.829 bits per heavy atom. The van der Waals surface area contributed by atoms with Crippen LogP contribution in [0.4, 0.5) is 0 Å². The van der Waals surface area contributed by atoms with Crippen LogP contribution in [0.3, 0.4) is 0 Å². The maximum absolute atomic E-state index is 12.0. The van der Waals surface area contributed by atoms with E-state index in [1.807, 2.05) is 0 Å². The predicted octanol–water partition coefficient (Wildman–Crippen LogP) is 9.61. The molecule has 0 aromatic heterocycles. The molecule has 0 saturated carbocycles. The molecule has 5 heteroatoms. The summed E-state index contributed by atoms with van der Waals surface area (Å²) < 4.78 is 29.2. The molecule has 1 aromatic carbocycles. The van der Waals surface area contributed by atoms with Crippen molar-refractivity contribution in [2.75, 3.05) is 6.61 Å². The number of unbranched alkanes of at least 4 members (excludes halogenated alkanes) is 21. The molecule has 0 fully saturated rings. The third-order valence-electron chi connectivity index (χ3n) is 6.77. The van der Waals surface area contributed by atoms with Gasteiger partial charge in [-0.2, -0.15) is 8.42 Å². The molecule has 35 heavy (non-hydrogen) atoms. The fourth-order valence-corrected chi connectivity index (χ4v) is 5.50. The van der Waals surface area contributed by atoms with E-state index < -0.39 is 10.1 Å². The smallest absolute Gasteiger partial charge is 0.266 e. The normalized spacial score (nSPS) is 11.5. The molecule has 0 aliphatic heterocycles. The second-order valence-corrected chi connectivity index (χ2v) is 11.6. The van der Waals surface area contributed by atoms with E-state index in [9.17, 15) is 8.42 Å². The molecule has 1 radical (unpaired) electrons. The zero-order chi connectivity index (χ0) is 24.6. The average molecular weight is 518 g/mol. The molecule has 1 aromatic rings. The van der Waals surface area contributed by atoms with Gasteiger partial charge in [0.25, 0.3) is 10.1 Å².